The second-order valence-electron chi connectivity index (χ2n) is 1.93. The molecule has 0 aromatic carbocycles. The van der Waals surface area contributed by atoms with Crippen LogP contribution >= 0.6 is 8.03 Å². The van der Waals surface area contributed by atoms with Crippen LogP contribution in [0.3, 0.4) is 0 Å². The second-order valence-corrected chi connectivity index (χ2v) is 3.08. The van der Waals surface area contributed by atoms with E-state index < -0.39 is 14.0 Å². The van der Waals surface area contributed by atoms with Gasteiger partial charge in [-0.3, -0.25) is 4.79 Å². The third-order valence-electron chi connectivity index (χ3n) is 0.990. The quantitative estimate of drug-likeness (QED) is 0.470. The first-order chi connectivity index (χ1) is 4.63. The molecule has 0 fully saturated rings. The first-order valence-electron chi connectivity index (χ1n) is 2.98. The van der Waals surface area contributed by atoms with Crippen molar-refractivity contribution >= 4 is 14.0 Å². The fourth-order valence-corrected chi connectivity index (χ4v) is 1.02. The molecule has 58 valence electrons. The minimum Gasteiger partial charge on any atom is -0.481 e. The van der Waals surface area contributed by atoms with Crippen molar-refractivity contribution in [1.82, 2.24) is 0 Å². The van der Waals surface area contributed by atoms with Crippen LogP contribution in [0.1, 0.15) is 19.3 Å². The van der Waals surface area contributed by atoms with E-state index in [2.05, 4.69) is 0 Å². The minimum atomic E-state index is -2.07. The van der Waals surface area contributed by atoms with Crippen molar-refractivity contribution in [2.45, 2.75) is 19.3 Å². The van der Waals surface area contributed by atoms with E-state index in [-0.39, 0.29) is 12.6 Å². The van der Waals surface area contributed by atoms with E-state index in [0.29, 0.717) is 12.8 Å². The van der Waals surface area contributed by atoms with Crippen LogP contribution in [0.15, 0.2) is 0 Å². The van der Waals surface area contributed by atoms with Crippen molar-refractivity contribution in [3.63, 3.8) is 0 Å². The maximum absolute atomic E-state index is 10.0. The Morgan fingerprint density at radius 3 is 2.40 bits per heavy atom. The third-order valence-corrected chi connectivity index (χ3v) is 1.69. The number of aliphatic carboxylic acids is 1. The van der Waals surface area contributed by atoms with Gasteiger partial charge in [-0.25, -0.2) is 0 Å². The van der Waals surface area contributed by atoms with Gasteiger partial charge in [0.1, 0.15) is 0 Å². The van der Waals surface area contributed by atoms with Crippen molar-refractivity contribution < 1.29 is 19.4 Å². The molecule has 1 atom stereocenters. The van der Waals surface area contributed by atoms with Gasteiger partial charge in [0.2, 0.25) is 0 Å². The van der Waals surface area contributed by atoms with Crippen LogP contribution in [0, 0.1) is 0 Å². The summed E-state index contributed by atoms with van der Waals surface area (Å²) in [5.74, 6) is -0.854. The summed E-state index contributed by atoms with van der Waals surface area (Å²) in [5, 5.41) is 8.14. The first kappa shape index (κ1) is 9.53. The lowest BCUT2D eigenvalue weighted by Crippen LogP contribution is -1.93. The molecule has 0 aliphatic carbocycles. The number of rotatable bonds is 5. The van der Waals surface area contributed by atoms with Gasteiger partial charge in [0.15, 0.2) is 6.16 Å². The normalized spacial score (nSPS) is 11.1. The number of carbonyl (C=O) groups is 1. The van der Waals surface area contributed by atoms with Gasteiger partial charge in [0.25, 0.3) is 0 Å². The van der Waals surface area contributed by atoms with Crippen LogP contribution in [0.2, 0.25) is 0 Å². The zero-order valence-corrected chi connectivity index (χ0v) is 6.38. The Labute approximate surface area is 59.7 Å². The van der Waals surface area contributed by atoms with E-state index in [1.54, 1.807) is 0 Å². The van der Waals surface area contributed by atoms with E-state index >= 15 is 0 Å². The Hall–Kier alpha value is -0.470. The lowest BCUT2D eigenvalue weighted by molar-refractivity contribution is -0.137. The summed E-state index contributed by atoms with van der Waals surface area (Å²) in [5.41, 5.74) is 0. The number of hydrogen-bond donors (Lipinski definition) is 2. The van der Waals surface area contributed by atoms with E-state index in [4.69, 9.17) is 10.00 Å². The molecule has 1 unspecified atom stereocenters. The number of hydrogen-bond acceptors (Lipinski definition) is 2. The molecule has 0 aliphatic rings. The van der Waals surface area contributed by atoms with Gasteiger partial charge >= 0.3 is 14.0 Å². The Morgan fingerprint density at radius 2 is 2.00 bits per heavy atom. The van der Waals surface area contributed by atoms with Crippen LogP contribution in [-0.4, -0.2) is 22.1 Å². The second kappa shape index (κ2) is 5.33. The molecule has 0 rings (SSSR count). The fraction of sp³-hybridized carbons (Fsp3) is 0.800. The fourth-order valence-electron chi connectivity index (χ4n) is 0.523. The predicted octanol–water partition coefficient (Wildman–Crippen LogP) is 0.976. The zero-order valence-electron chi connectivity index (χ0n) is 5.49. The Balaban J connectivity index is 3.06. The Bertz CT molecular complexity index is 118. The van der Waals surface area contributed by atoms with Crippen molar-refractivity contribution in [2.75, 3.05) is 6.16 Å². The average Bonchev–Trinajstić information content (AvgIpc) is 1.79. The number of unbranched alkanes of at least 4 members (excludes halogenated alkanes) is 1. The molecule has 10 heavy (non-hydrogen) atoms. The number of carboxylic acids is 1. The molecule has 5 heteroatoms. The SMILES string of the molecule is O=C(O)CCCC[P+](=O)O. The molecule has 0 bridgehead atoms. The van der Waals surface area contributed by atoms with E-state index in [1.165, 1.54) is 0 Å². The van der Waals surface area contributed by atoms with Gasteiger partial charge in [-0.1, -0.05) is 0 Å². The van der Waals surface area contributed by atoms with Gasteiger partial charge < -0.3 is 5.11 Å². The maximum atomic E-state index is 10.0. The molecule has 0 spiro atoms. The lowest BCUT2D eigenvalue weighted by atomic mass is 10.3. The molecule has 0 amide bonds. The highest BCUT2D eigenvalue weighted by molar-refractivity contribution is 7.37. The number of carboxylic acid groups (broad SMARTS) is 1. The smallest absolute Gasteiger partial charge is 0.481 e. The summed E-state index contributed by atoms with van der Waals surface area (Å²) in [6.07, 6.45) is 1.29. The highest BCUT2D eigenvalue weighted by atomic mass is 31.1. The summed E-state index contributed by atoms with van der Waals surface area (Å²) in [7, 11) is -2.07. The monoisotopic (exact) mass is 165 g/mol. The lowest BCUT2D eigenvalue weighted by Gasteiger charge is -1.87. The van der Waals surface area contributed by atoms with E-state index in [0.717, 1.165) is 0 Å². The predicted molar refractivity (Wildman–Crippen MR) is 36.2 cm³/mol. The molecule has 0 aromatic heterocycles. The average molecular weight is 165 g/mol. The molecular formula is C5H10O4P+. The van der Waals surface area contributed by atoms with Crippen LogP contribution in [0.5, 0.6) is 0 Å². The maximum Gasteiger partial charge on any atom is 0.505 e. The van der Waals surface area contributed by atoms with Crippen molar-refractivity contribution in [3.05, 3.63) is 0 Å². The van der Waals surface area contributed by atoms with Crippen molar-refractivity contribution in [3.8, 4) is 0 Å². The van der Waals surface area contributed by atoms with Gasteiger partial charge in [0, 0.05) is 6.42 Å². The van der Waals surface area contributed by atoms with Crippen molar-refractivity contribution in [2.24, 2.45) is 0 Å². The molecular weight excluding hydrogens is 155 g/mol. The minimum absolute atomic E-state index is 0.0865. The molecule has 0 aliphatic heterocycles. The van der Waals surface area contributed by atoms with Crippen LogP contribution in [-0.2, 0) is 9.36 Å². The molecule has 0 aromatic rings. The summed E-state index contributed by atoms with van der Waals surface area (Å²) >= 11 is 0. The van der Waals surface area contributed by atoms with Crippen molar-refractivity contribution in [1.29, 1.82) is 0 Å². The summed E-state index contributed by atoms with van der Waals surface area (Å²) in [4.78, 5) is 18.2. The van der Waals surface area contributed by atoms with Gasteiger partial charge in [-0.15, -0.1) is 0 Å². The largest absolute Gasteiger partial charge is 0.505 e. The third kappa shape index (κ3) is 7.53. The molecule has 2 N–H and O–H groups in total. The van der Waals surface area contributed by atoms with E-state index in [9.17, 15) is 9.36 Å². The molecule has 0 saturated heterocycles. The molecule has 4 nitrogen and oxygen atoms in total. The first-order valence-corrected chi connectivity index (χ1v) is 4.38. The van der Waals surface area contributed by atoms with E-state index in [1.807, 2.05) is 0 Å². The highest BCUT2D eigenvalue weighted by Gasteiger charge is 2.08. The summed E-state index contributed by atoms with van der Waals surface area (Å²) in [6.45, 7) is 0. The van der Waals surface area contributed by atoms with Gasteiger partial charge in [-0.05, 0) is 17.4 Å². The standard InChI is InChI=1S/C5H9O4P/c6-5(7)3-1-2-4-10(8)9/h1-4H2,(H-,6,7,8,9)/p+1. The summed E-state index contributed by atoms with van der Waals surface area (Å²) in [6, 6.07) is 0. The van der Waals surface area contributed by atoms with Gasteiger partial charge in [0.05, 0.1) is 0 Å². The van der Waals surface area contributed by atoms with Gasteiger partial charge in [-0.2, -0.15) is 4.89 Å². The molecule has 0 saturated carbocycles. The molecule has 0 radical (unpaired) electrons. The highest BCUT2D eigenvalue weighted by Crippen LogP contribution is 2.15. The summed E-state index contributed by atoms with van der Waals surface area (Å²) < 4.78 is 10.0. The van der Waals surface area contributed by atoms with Crippen LogP contribution in [0.4, 0.5) is 0 Å². The topological polar surface area (TPSA) is 74.6 Å². The Morgan fingerprint density at radius 1 is 1.40 bits per heavy atom. The Kier molecular flexibility index (Phi) is 5.08. The van der Waals surface area contributed by atoms with Crippen LogP contribution in [0.25, 0.3) is 0 Å². The van der Waals surface area contributed by atoms with Crippen LogP contribution < -0.4 is 0 Å². The zero-order chi connectivity index (χ0) is 7.98. The molecule has 0 heterocycles.